The second-order valence-corrected chi connectivity index (χ2v) is 3.28. The Labute approximate surface area is 97.1 Å². The van der Waals surface area contributed by atoms with Gasteiger partial charge in [-0.3, -0.25) is 4.98 Å². The smallest absolute Gasteiger partial charge is 0.224 e. The molecule has 2 aromatic heterocycles. The molecule has 0 fully saturated rings. The Morgan fingerprint density at radius 1 is 1.24 bits per heavy atom. The Kier molecular flexibility index (Phi) is 3.27. The third kappa shape index (κ3) is 2.55. The minimum atomic E-state index is -0.883. The van der Waals surface area contributed by atoms with Gasteiger partial charge in [0.05, 0.1) is 17.9 Å². The van der Waals surface area contributed by atoms with Gasteiger partial charge >= 0.3 is 0 Å². The average Bonchev–Trinajstić information content (AvgIpc) is 2.29. The maximum Gasteiger partial charge on any atom is 0.224 e. The van der Waals surface area contributed by atoms with Crippen molar-refractivity contribution in [3.05, 3.63) is 42.4 Å². The molecule has 0 aliphatic rings. The summed E-state index contributed by atoms with van der Waals surface area (Å²) in [6, 6.07) is 5.65. The van der Waals surface area contributed by atoms with Gasteiger partial charge < -0.3 is 4.74 Å². The Morgan fingerprint density at radius 2 is 2.06 bits per heavy atom. The number of hydrogen-bond donors (Lipinski definition) is 0. The number of rotatable bonds is 3. The highest BCUT2D eigenvalue weighted by molar-refractivity contribution is 5.59. The van der Waals surface area contributed by atoms with Crippen LogP contribution in [-0.4, -0.2) is 16.6 Å². The first kappa shape index (κ1) is 11.4. The van der Waals surface area contributed by atoms with Crippen molar-refractivity contribution in [2.24, 2.45) is 0 Å². The largest absolute Gasteiger partial charge is 0.494 e. The lowest BCUT2D eigenvalue weighted by atomic mass is 10.2. The fourth-order valence-corrected chi connectivity index (χ4v) is 1.42. The molecule has 3 nitrogen and oxygen atoms in total. The summed E-state index contributed by atoms with van der Waals surface area (Å²) in [6.07, 6.45) is 1.50. The molecule has 0 N–H and O–H groups in total. The molecule has 0 aromatic carbocycles. The molecule has 0 spiro atoms. The van der Waals surface area contributed by atoms with Gasteiger partial charge in [-0.05, 0) is 25.1 Å². The second-order valence-electron chi connectivity index (χ2n) is 3.28. The third-order valence-corrected chi connectivity index (χ3v) is 2.13. The molecule has 0 radical (unpaired) electrons. The molecule has 0 aliphatic carbocycles. The Balaban J connectivity index is 2.42. The summed E-state index contributed by atoms with van der Waals surface area (Å²) in [7, 11) is 0. The Bertz CT molecular complexity index is 532. The number of hydrogen-bond acceptors (Lipinski definition) is 3. The van der Waals surface area contributed by atoms with Crippen LogP contribution >= 0.6 is 0 Å². The van der Waals surface area contributed by atoms with E-state index in [4.69, 9.17) is 4.74 Å². The zero-order valence-corrected chi connectivity index (χ0v) is 9.15. The van der Waals surface area contributed by atoms with Crippen molar-refractivity contribution >= 4 is 0 Å². The van der Waals surface area contributed by atoms with E-state index < -0.39 is 11.9 Å². The highest BCUT2D eigenvalue weighted by Crippen LogP contribution is 2.23. The van der Waals surface area contributed by atoms with Crippen molar-refractivity contribution < 1.29 is 13.5 Å². The summed E-state index contributed by atoms with van der Waals surface area (Å²) in [6.45, 7) is 2.35. The predicted molar refractivity (Wildman–Crippen MR) is 58.6 cm³/mol. The lowest BCUT2D eigenvalue weighted by Crippen LogP contribution is -1.96. The fourth-order valence-electron chi connectivity index (χ4n) is 1.42. The molecule has 5 heteroatoms. The summed E-state index contributed by atoms with van der Waals surface area (Å²) in [5, 5.41) is 0. The van der Waals surface area contributed by atoms with Crippen LogP contribution in [0.25, 0.3) is 11.3 Å². The topological polar surface area (TPSA) is 35.0 Å². The monoisotopic (exact) mass is 236 g/mol. The van der Waals surface area contributed by atoms with E-state index in [2.05, 4.69) is 9.97 Å². The van der Waals surface area contributed by atoms with Crippen molar-refractivity contribution in [3.63, 3.8) is 0 Å². The van der Waals surface area contributed by atoms with E-state index in [0.29, 0.717) is 18.1 Å². The molecular formula is C12H10F2N2O. The molecule has 0 amide bonds. The van der Waals surface area contributed by atoms with Crippen LogP contribution in [0.15, 0.2) is 30.5 Å². The van der Waals surface area contributed by atoms with Crippen LogP contribution in [-0.2, 0) is 0 Å². The number of nitrogens with zero attached hydrogens (tertiary/aromatic N) is 2. The summed E-state index contributed by atoms with van der Waals surface area (Å²) in [4.78, 5) is 7.11. The first-order valence-electron chi connectivity index (χ1n) is 5.12. The SMILES string of the molecule is CCOc1ccnc(-c2ccc(F)nc2F)c1. The van der Waals surface area contributed by atoms with Crippen molar-refractivity contribution in [2.45, 2.75) is 6.92 Å². The molecule has 0 bridgehead atoms. The molecule has 0 unspecified atom stereocenters. The van der Waals surface area contributed by atoms with Crippen molar-refractivity contribution in [2.75, 3.05) is 6.61 Å². The van der Waals surface area contributed by atoms with Gasteiger partial charge in [0.25, 0.3) is 0 Å². The van der Waals surface area contributed by atoms with Gasteiger partial charge in [0.15, 0.2) is 0 Å². The van der Waals surface area contributed by atoms with Gasteiger partial charge in [0, 0.05) is 12.3 Å². The summed E-state index contributed by atoms with van der Waals surface area (Å²) in [5.41, 5.74) is 0.508. The first-order chi connectivity index (χ1) is 8.20. The van der Waals surface area contributed by atoms with Crippen LogP contribution in [0.4, 0.5) is 8.78 Å². The lowest BCUT2D eigenvalue weighted by Gasteiger charge is -2.05. The van der Waals surface area contributed by atoms with Crippen molar-refractivity contribution in [3.8, 4) is 17.0 Å². The third-order valence-electron chi connectivity index (χ3n) is 2.13. The zero-order valence-electron chi connectivity index (χ0n) is 9.15. The van der Waals surface area contributed by atoms with E-state index in [1.165, 1.54) is 12.3 Å². The summed E-state index contributed by atoms with van der Waals surface area (Å²) in [5.74, 6) is -1.15. The van der Waals surface area contributed by atoms with Crippen LogP contribution in [0.3, 0.4) is 0 Å². The van der Waals surface area contributed by atoms with Gasteiger partial charge in [0.2, 0.25) is 11.9 Å². The van der Waals surface area contributed by atoms with Crippen LogP contribution in [0, 0.1) is 11.9 Å². The number of aromatic nitrogens is 2. The van der Waals surface area contributed by atoms with Crippen molar-refractivity contribution in [1.82, 2.24) is 9.97 Å². The first-order valence-corrected chi connectivity index (χ1v) is 5.12. The summed E-state index contributed by atoms with van der Waals surface area (Å²) >= 11 is 0. The maximum absolute atomic E-state index is 13.4. The van der Waals surface area contributed by atoms with E-state index in [1.807, 2.05) is 6.92 Å². The Morgan fingerprint density at radius 3 is 2.76 bits per heavy atom. The molecule has 88 valence electrons. The maximum atomic E-state index is 13.4. The molecular weight excluding hydrogens is 226 g/mol. The molecule has 0 atom stereocenters. The van der Waals surface area contributed by atoms with Crippen LogP contribution in [0.1, 0.15) is 6.92 Å². The highest BCUT2D eigenvalue weighted by atomic mass is 19.1. The van der Waals surface area contributed by atoms with Crippen LogP contribution in [0.5, 0.6) is 5.75 Å². The molecule has 2 rings (SSSR count). The van der Waals surface area contributed by atoms with Gasteiger partial charge in [0.1, 0.15) is 5.75 Å². The van der Waals surface area contributed by atoms with E-state index in [0.717, 1.165) is 6.07 Å². The van der Waals surface area contributed by atoms with Gasteiger partial charge in [-0.2, -0.15) is 13.8 Å². The lowest BCUT2D eigenvalue weighted by molar-refractivity contribution is 0.340. The minimum absolute atomic E-state index is 0.146. The fraction of sp³-hybridized carbons (Fsp3) is 0.167. The van der Waals surface area contributed by atoms with E-state index in [1.54, 1.807) is 12.1 Å². The average molecular weight is 236 g/mol. The zero-order chi connectivity index (χ0) is 12.3. The quantitative estimate of drug-likeness (QED) is 0.768. The normalized spacial score (nSPS) is 10.3. The molecule has 0 saturated heterocycles. The molecule has 2 aromatic rings. The molecule has 0 aliphatic heterocycles. The van der Waals surface area contributed by atoms with Gasteiger partial charge in [-0.1, -0.05) is 0 Å². The summed E-state index contributed by atoms with van der Waals surface area (Å²) < 4.78 is 31.4. The van der Waals surface area contributed by atoms with E-state index in [9.17, 15) is 8.78 Å². The Hall–Kier alpha value is -2.04. The minimum Gasteiger partial charge on any atom is -0.494 e. The van der Waals surface area contributed by atoms with Crippen molar-refractivity contribution in [1.29, 1.82) is 0 Å². The number of pyridine rings is 2. The molecule has 17 heavy (non-hydrogen) atoms. The van der Waals surface area contributed by atoms with E-state index >= 15 is 0 Å². The molecule has 2 heterocycles. The molecule has 0 saturated carbocycles. The number of ether oxygens (including phenoxy) is 1. The van der Waals surface area contributed by atoms with E-state index in [-0.39, 0.29) is 5.56 Å². The van der Waals surface area contributed by atoms with Gasteiger partial charge in [-0.15, -0.1) is 0 Å². The highest BCUT2D eigenvalue weighted by Gasteiger charge is 2.09. The standard InChI is InChI=1S/C12H10F2N2O/c1-2-17-8-5-6-15-10(7-8)9-3-4-11(13)16-12(9)14/h3-7H,2H2,1H3. The second kappa shape index (κ2) is 4.86. The van der Waals surface area contributed by atoms with Crippen LogP contribution < -0.4 is 4.74 Å². The predicted octanol–water partition coefficient (Wildman–Crippen LogP) is 2.82. The van der Waals surface area contributed by atoms with Crippen LogP contribution in [0.2, 0.25) is 0 Å². The van der Waals surface area contributed by atoms with Gasteiger partial charge in [-0.25, -0.2) is 0 Å². The number of halogens is 2.